The van der Waals surface area contributed by atoms with Crippen LogP contribution in [0.1, 0.15) is 25.0 Å². The number of hydrogen-bond acceptors (Lipinski definition) is 3. The van der Waals surface area contributed by atoms with Gasteiger partial charge in [-0.05, 0) is 25.5 Å². The number of carbonyl (C=O) groups is 2. The fraction of sp³-hybridized carbons (Fsp3) is 0.381. The molecule has 0 radical (unpaired) electrons. The highest BCUT2D eigenvalue weighted by Crippen LogP contribution is 2.26. The van der Waals surface area contributed by atoms with Crippen LogP contribution >= 0.6 is 0 Å². The topological polar surface area (TPSA) is 58.4 Å². The van der Waals surface area contributed by atoms with Crippen LogP contribution < -0.4 is 0 Å². The lowest BCUT2D eigenvalue weighted by Crippen LogP contribution is -2.54. The molecule has 0 spiro atoms. The van der Waals surface area contributed by atoms with Crippen LogP contribution in [0.5, 0.6) is 0 Å². The van der Waals surface area contributed by atoms with E-state index in [4.69, 9.17) is 0 Å². The standard InChI is InChI=1S/C21H26N4O2/c1-21(2,18-7-5-4-6-8-18)20(27)25-13-11-24(12-14-25)19(26)10-9-17-15-22-23(3)16-17/h4-10,15-16H,11-14H2,1-3H3. The van der Waals surface area contributed by atoms with E-state index in [2.05, 4.69) is 5.10 Å². The normalized spacial score (nSPS) is 15.4. The Balaban J connectivity index is 1.57. The molecule has 3 rings (SSSR count). The van der Waals surface area contributed by atoms with Crippen LogP contribution in [0.3, 0.4) is 0 Å². The van der Waals surface area contributed by atoms with Crippen molar-refractivity contribution >= 4 is 17.9 Å². The van der Waals surface area contributed by atoms with Crippen molar-refractivity contribution < 1.29 is 9.59 Å². The molecule has 1 aromatic heterocycles. The molecule has 142 valence electrons. The number of hydrogen-bond donors (Lipinski definition) is 0. The van der Waals surface area contributed by atoms with Crippen molar-refractivity contribution in [2.24, 2.45) is 7.05 Å². The predicted octanol–water partition coefficient (Wildman–Crippen LogP) is 2.08. The van der Waals surface area contributed by atoms with E-state index in [1.807, 2.05) is 62.3 Å². The third kappa shape index (κ3) is 4.27. The summed E-state index contributed by atoms with van der Waals surface area (Å²) in [7, 11) is 1.84. The summed E-state index contributed by atoms with van der Waals surface area (Å²) < 4.78 is 1.70. The van der Waals surface area contributed by atoms with Crippen molar-refractivity contribution in [1.82, 2.24) is 19.6 Å². The highest BCUT2D eigenvalue weighted by molar-refractivity contribution is 5.92. The molecule has 0 saturated carbocycles. The van der Waals surface area contributed by atoms with E-state index in [-0.39, 0.29) is 11.8 Å². The van der Waals surface area contributed by atoms with E-state index in [9.17, 15) is 9.59 Å². The summed E-state index contributed by atoms with van der Waals surface area (Å²) in [5.74, 6) is 0.0694. The maximum absolute atomic E-state index is 13.0. The number of nitrogens with zero attached hydrogens (tertiary/aromatic N) is 4. The Morgan fingerprint density at radius 3 is 2.26 bits per heavy atom. The van der Waals surface area contributed by atoms with Crippen LogP contribution in [0, 0.1) is 0 Å². The van der Waals surface area contributed by atoms with E-state index >= 15 is 0 Å². The molecule has 0 bridgehead atoms. The molecule has 0 aliphatic carbocycles. The smallest absolute Gasteiger partial charge is 0.246 e. The van der Waals surface area contributed by atoms with Crippen LogP contribution in [-0.4, -0.2) is 57.6 Å². The Morgan fingerprint density at radius 1 is 1.04 bits per heavy atom. The van der Waals surface area contributed by atoms with Crippen molar-refractivity contribution in [2.45, 2.75) is 19.3 Å². The number of carbonyl (C=O) groups excluding carboxylic acids is 2. The number of piperazine rings is 1. The Morgan fingerprint density at radius 2 is 1.67 bits per heavy atom. The van der Waals surface area contributed by atoms with Crippen LogP contribution in [0.2, 0.25) is 0 Å². The van der Waals surface area contributed by atoms with Gasteiger partial charge in [-0.25, -0.2) is 0 Å². The molecule has 0 N–H and O–H groups in total. The first kappa shape index (κ1) is 18.9. The molecule has 1 aliphatic rings. The molecular weight excluding hydrogens is 340 g/mol. The fourth-order valence-corrected chi connectivity index (χ4v) is 3.30. The molecule has 27 heavy (non-hydrogen) atoms. The van der Waals surface area contributed by atoms with Gasteiger partial charge in [0.25, 0.3) is 0 Å². The monoisotopic (exact) mass is 366 g/mol. The first-order chi connectivity index (χ1) is 12.9. The van der Waals surface area contributed by atoms with Gasteiger partial charge in [-0.1, -0.05) is 30.3 Å². The number of amides is 2. The molecule has 6 heteroatoms. The second-order valence-electron chi connectivity index (χ2n) is 7.39. The zero-order valence-electron chi connectivity index (χ0n) is 16.1. The Hall–Kier alpha value is -2.89. The van der Waals surface area contributed by atoms with Crippen LogP contribution in [0.25, 0.3) is 6.08 Å². The first-order valence-corrected chi connectivity index (χ1v) is 9.18. The van der Waals surface area contributed by atoms with Gasteiger partial charge in [0.1, 0.15) is 0 Å². The average molecular weight is 366 g/mol. The molecule has 2 aromatic rings. The maximum atomic E-state index is 13.0. The minimum Gasteiger partial charge on any atom is -0.338 e. The lowest BCUT2D eigenvalue weighted by molar-refractivity contribution is -0.141. The molecule has 2 heterocycles. The van der Waals surface area contributed by atoms with Gasteiger partial charge in [0, 0.05) is 51.1 Å². The van der Waals surface area contributed by atoms with Crippen LogP contribution in [-0.2, 0) is 22.1 Å². The van der Waals surface area contributed by atoms with Gasteiger partial charge in [0.05, 0.1) is 11.6 Å². The molecule has 0 atom stereocenters. The zero-order valence-corrected chi connectivity index (χ0v) is 16.1. The van der Waals surface area contributed by atoms with Gasteiger partial charge in [0.15, 0.2) is 0 Å². The van der Waals surface area contributed by atoms with Crippen molar-refractivity contribution in [3.8, 4) is 0 Å². The first-order valence-electron chi connectivity index (χ1n) is 9.18. The predicted molar refractivity (Wildman–Crippen MR) is 105 cm³/mol. The van der Waals surface area contributed by atoms with Crippen LogP contribution in [0.15, 0.2) is 48.8 Å². The summed E-state index contributed by atoms with van der Waals surface area (Å²) in [6, 6.07) is 9.83. The number of benzene rings is 1. The summed E-state index contributed by atoms with van der Waals surface area (Å²) in [4.78, 5) is 29.0. The summed E-state index contributed by atoms with van der Waals surface area (Å²) in [5.41, 5.74) is 1.32. The Labute approximate surface area is 160 Å². The SMILES string of the molecule is Cn1cc(C=CC(=O)N2CCN(C(=O)C(C)(C)c3ccccc3)CC2)cn1. The highest BCUT2D eigenvalue weighted by Gasteiger charge is 2.35. The fourth-order valence-electron chi connectivity index (χ4n) is 3.30. The molecule has 1 fully saturated rings. The van der Waals surface area contributed by atoms with Crippen molar-refractivity contribution in [1.29, 1.82) is 0 Å². The van der Waals surface area contributed by atoms with Gasteiger partial charge in [-0.2, -0.15) is 5.10 Å². The van der Waals surface area contributed by atoms with Crippen molar-refractivity contribution in [3.63, 3.8) is 0 Å². The summed E-state index contributed by atoms with van der Waals surface area (Å²) in [6.07, 6.45) is 6.91. The quantitative estimate of drug-likeness (QED) is 0.779. The molecule has 1 saturated heterocycles. The van der Waals surface area contributed by atoms with E-state index in [1.165, 1.54) is 0 Å². The molecule has 6 nitrogen and oxygen atoms in total. The Kier molecular flexibility index (Phi) is 5.44. The summed E-state index contributed by atoms with van der Waals surface area (Å²) in [6.45, 7) is 6.13. The third-order valence-corrected chi connectivity index (χ3v) is 5.05. The molecule has 1 aromatic carbocycles. The van der Waals surface area contributed by atoms with E-state index in [0.717, 1.165) is 11.1 Å². The lowest BCUT2D eigenvalue weighted by atomic mass is 9.83. The second-order valence-corrected chi connectivity index (χ2v) is 7.39. The zero-order chi connectivity index (χ0) is 19.4. The van der Waals surface area contributed by atoms with Gasteiger partial charge in [-0.15, -0.1) is 0 Å². The largest absolute Gasteiger partial charge is 0.338 e. The molecule has 1 aliphatic heterocycles. The number of rotatable bonds is 4. The van der Waals surface area contributed by atoms with Crippen molar-refractivity contribution in [2.75, 3.05) is 26.2 Å². The lowest BCUT2D eigenvalue weighted by Gasteiger charge is -2.38. The highest BCUT2D eigenvalue weighted by atomic mass is 16.2. The molecular formula is C21H26N4O2. The molecule has 2 amide bonds. The number of aryl methyl sites for hydroxylation is 1. The minimum atomic E-state index is -0.576. The average Bonchev–Trinajstić information content (AvgIpc) is 3.11. The minimum absolute atomic E-state index is 0.0340. The maximum Gasteiger partial charge on any atom is 0.246 e. The van der Waals surface area contributed by atoms with E-state index < -0.39 is 5.41 Å². The van der Waals surface area contributed by atoms with Crippen LogP contribution in [0.4, 0.5) is 0 Å². The third-order valence-electron chi connectivity index (χ3n) is 5.05. The van der Waals surface area contributed by atoms with Gasteiger partial charge in [0.2, 0.25) is 11.8 Å². The van der Waals surface area contributed by atoms with Gasteiger partial charge < -0.3 is 9.80 Å². The van der Waals surface area contributed by atoms with E-state index in [0.29, 0.717) is 26.2 Å². The van der Waals surface area contributed by atoms with Gasteiger partial charge >= 0.3 is 0 Å². The van der Waals surface area contributed by atoms with E-state index in [1.54, 1.807) is 27.9 Å². The van der Waals surface area contributed by atoms with Gasteiger partial charge in [-0.3, -0.25) is 14.3 Å². The number of aromatic nitrogens is 2. The second kappa shape index (κ2) is 7.78. The Bertz CT molecular complexity index is 831. The summed E-state index contributed by atoms with van der Waals surface area (Å²) >= 11 is 0. The molecule has 0 unspecified atom stereocenters. The summed E-state index contributed by atoms with van der Waals surface area (Å²) in [5, 5.41) is 4.08. The van der Waals surface area contributed by atoms with Crippen molar-refractivity contribution in [3.05, 3.63) is 59.9 Å².